The fourth-order valence-electron chi connectivity index (χ4n) is 3.19. The summed E-state index contributed by atoms with van der Waals surface area (Å²) in [5.41, 5.74) is 4.81. The van der Waals surface area contributed by atoms with Crippen molar-refractivity contribution in [2.24, 2.45) is 4.99 Å². The molecule has 5 heteroatoms. The number of ether oxygens (including phenoxy) is 1. The molecule has 1 aliphatic rings. The van der Waals surface area contributed by atoms with Crippen molar-refractivity contribution >= 4 is 22.9 Å². The second kappa shape index (κ2) is 6.88. The molecule has 4 nitrogen and oxygen atoms in total. The Bertz CT molecular complexity index is 985. The molecule has 2 aromatic heterocycles. The van der Waals surface area contributed by atoms with Gasteiger partial charge in [-0.25, -0.2) is 9.79 Å². The number of rotatable bonds is 3. The summed E-state index contributed by atoms with van der Waals surface area (Å²) in [6.45, 7) is 12.0. The predicted octanol–water partition coefficient (Wildman–Crippen LogP) is 4.84. The standard InChI is InChI=1S/C21H25NO3S/c1-7-14-10-12(2)16-17(15-8-9-24-11-15)18(20(23)25-21(4,5)6)26-19(16)22-13(14)3/h8-9,11H,7,10H2,1-6H3. The molecule has 0 spiro atoms. The number of carbonyl (C=O) groups is 1. The zero-order chi connectivity index (χ0) is 19.1. The van der Waals surface area contributed by atoms with Crippen LogP contribution in [0.15, 0.2) is 39.3 Å². The Morgan fingerprint density at radius 2 is 2.08 bits per heavy atom. The minimum absolute atomic E-state index is 0.313. The molecule has 3 heterocycles. The highest BCUT2D eigenvalue weighted by Crippen LogP contribution is 2.28. The maximum atomic E-state index is 12.9. The van der Waals surface area contributed by atoms with Crippen molar-refractivity contribution in [1.29, 1.82) is 0 Å². The molecule has 0 unspecified atom stereocenters. The van der Waals surface area contributed by atoms with E-state index in [0.29, 0.717) is 4.88 Å². The minimum atomic E-state index is -0.548. The summed E-state index contributed by atoms with van der Waals surface area (Å²) >= 11 is 1.40. The van der Waals surface area contributed by atoms with Crippen LogP contribution in [0.2, 0.25) is 0 Å². The molecule has 0 aliphatic carbocycles. The van der Waals surface area contributed by atoms with E-state index in [0.717, 1.165) is 39.6 Å². The van der Waals surface area contributed by atoms with Crippen molar-refractivity contribution in [3.05, 3.63) is 44.6 Å². The number of nitrogens with zero attached hydrogens (tertiary/aromatic N) is 1. The summed E-state index contributed by atoms with van der Waals surface area (Å²) in [5.74, 6) is -0.313. The van der Waals surface area contributed by atoms with Gasteiger partial charge in [0.25, 0.3) is 0 Å². The molecule has 0 saturated heterocycles. The van der Waals surface area contributed by atoms with E-state index in [4.69, 9.17) is 14.1 Å². The lowest BCUT2D eigenvalue weighted by molar-refractivity contribution is 0.00760. The number of carbonyl (C=O) groups excluding carboxylic acids is 1. The zero-order valence-corrected chi connectivity index (χ0v) is 17.0. The molecular weight excluding hydrogens is 346 g/mol. The van der Waals surface area contributed by atoms with Crippen molar-refractivity contribution < 1.29 is 13.9 Å². The van der Waals surface area contributed by atoms with E-state index in [-0.39, 0.29) is 5.97 Å². The number of esters is 1. The van der Waals surface area contributed by atoms with E-state index in [9.17, 15) is 4.79 Å². The molecule has 0 fully saturated rings. The molecule has 0 atom stereocenters. The van der Waals surface area contributed by atoms with Crippen molar-refractivity contribution in [2.45, 2.75) is 60.0 Å². The number of fused-ring (bicyclic) bond motifs is 1. The molecule has 0 radical (unpaired) electrons. The van der Waals surface area contributed by atoms with Crippen molar-refractivity contribution in [2.75, 3.05) is 0 Å². The van der Waals surface area contributed by atoms with Crippen LogP contribution in [0.4, 0.5) is 0 Å². The highest BCUT2D eigenvalue weighted by atomic mass is 32.1. The average molecular weight is 372 g/mol. The van der Waals surface area contributed by atoms with Gasteiger partial charge in [0.05, 0.1) is 12.5 Å². The van der Waals surface area contributed by atoms with Gasteiger partial charge in [-0.3, -0.25) is 0 Å². The van der Waals surface area contributed by atoms with E-state index in [1.807, 2.05) is 33.8 Å². The summed E-state index contributed by atoms with van der Waals surface area (Å²) in [6.07, 6.45) is 5.15. The molecule has 1 aliphatic heterocycles. The first-order chi connectivity index (χ1) is 12.2. The van der Waals surface area contributed by atoms with Crippen LogP contribution in [0.1, 0.15) is 64.1 Å². The van der Waals surface area contributed by atoms with Crippen molar-refractivity contribution in [3.8, 4) is 11.1 Å². The van der Waals surface area contributed by atoms with Gasteiger partial charge < -0.3 is 9.15 Å². The van der Waals surface area contributed by atoms with Gasteiger partial charge in [0, 0.05) is 22.0 Å². The van der Waals surface area contributed by atoms with Crippen LogP contribution in [0, 0.1) is 0 Å². The quantitative estimate of drug-likeness (QED) is 0.725. The third-order valence-electron chi connectivity index (χ3n) is 4.40. The van der Waals surface area contributed by atoms with Crippen LogP contribution < -0.4 is 9.89 Å². The van der Waals surface area contributed by atoms with Crippen LogP contribution in [-0.2, 0) is 4.74 Å². The smallest absolute Gasteiger partial charge is 0.349 e. The molecule has 138 valence electrons. The van der Waals surface area contributed by atoms with Gasteiger partial charge in [0.15, 0.2) is 0 Å². The summed E-state index contributed by atoms with van der Waals surface area (Å²) in [6, 6.07) is 1.88. The van der Waals surface area contributed by atoms with E-state index in [2.05, 4.69) is 13.8 Å². The van der Waals surface area contributed by atoms with Gasteiger partial charge in [-0.05, 0) is 59.1 Å². The van der Waals surface area contributed by atoms with E-state index < -0.39 is 5.60 Å². The lowest BCUT2D eigenvalue weighted by Gasteiger charge is -2.19. The SMILES string of the molecule is CCC1=C(C)N=c2sc(C(=O)OC(C)(C)C)c(-c3ccoc3)c2=C(C)C1. The molecule has 0 amide bonds. The van der Waals surface area contributed by atoms with Crippen LogP contribution in [0.3, 0.4) is 0 Å². The molecule has 2 aromatic rings. The van der Waals surface area contributed by atoms with Crippen LogP contribution in [0.5, 0.6) is 0 Å². The number of hydrogen-bond donors (Lipinski definition) is 0. The van der Waals surface area contributed by atoms with Crippen LogP contribution >= 0.6 is 11.3 Å². The fraction of sp³-hybridized carbons (Fsp3) is 0.429. The molecule has 0 aromatic carbocycles. The second-order valence-electron chi connectivity index (χ2n) is 7.61. The lowest BCUT2D eigenvalue weighted by Crippen LogP contribution is -2.25. The molecule has 0 saturated carbocycles. The highest BCUT2D eigenvalue weighted by molar-refractivity contribution is 7.12. The maximum Gasteiger partial charge on any atom is 0.349 e. The fourth-order valence-corrected chi connectivity index (χ4v) is 4.39. The Morgan fingerprint density at radius 3 is 2.65 bits per heavy atom. The van der Waals surface area contributed by atoms with E-state index in [1.54, 1.807) is 12.5 Å². The van der Waals surface area contributed by atoms with Gasteiger partial charge in [-0.15, -0.1) is 11.3 Å². The second-order valence-corrected chi connectivity index (χ2v) is 8.61. The topological polar surface area (TPSA) is 51.8 Å². The summed E-state index contributed by atoms with van der Waals surface area (Å²) in [4.78, 5) is 18.3. The molecule has 26 heavy (non-hydrogen) atoms. The first-order valence-electron chi connectivity index (χ1n) is 8.87. The Labute approximate surface area is 157 Å². The summed E-state index contributed by atoms with van der Waals surface area (Å²) < 4.78 is 11.8. The first-order valence-corrected chi connectivity index (χ1v) is 9.68. The van der Waals surface area contributed by atoms with E-state index in [1.165, 1.54) is 22.5 Å². The number of hydrogen-bond acceptors (Lipinski definition) is 5. The summed E-state index contributed by atoms with van der Waals surface area (Å²) in [7, 11) is 0. The Kier molecular flexibility index (Phi) is 4.93. The molecule has 0 bridgehead atoms. The summed E-state index contributed by atoms with van der Waals surface area (Å²) in [5, 5.41) is 1.04. The monoisotopic (exact) mass is 371 g/mol. The van der Waals surface area contributed by atoms with Gasteiger partial charge in [0.1, 0.15) is 15.1 Å². The van der Waals surface area contributed by atoms with Gasteiger partial charge >= 0.3 is 5.97 Å². The third-order valence-corrected chi connectivity index (χ3v) is 5.46. The van der Waals surface area contributed by atoms with Crippen LogP contribution in [-0.4, -0.2) is 11.6 Å². The Morgan fingerprint density at radius 1 is 1.35 bits per heavy atom. The van der Waals surface area contributed by atoms with Crippen molar-refractivity contribution in [3.63, 3.8) is 0 Å². The predicted molar refractivity (Wildman–Crippen MR) is 105 cm³/mol. The molecular formula is C21H25NO3S. The highest BCUT2D eigenvalue weighted by Gasteiger charge is 2.26. The molecule has 0 N–H and O–H groups in total. The lowest BCUT2D eigenvalue weighted by atomic mass is 9.99. The van der Waals surface area contributed by atoms with Gasteiger partial charge in [0.2, 0.25) is 0 Å². The van der Waals surface area contributed by atoms with Crippen molar-refractivity contribution in [1.82, 2.24) is 0 Å². The average Bonchev–Trinajstić information content (AvgIpc) is 3.15. The Balaban J connectivity index is 2.31. The number of allylic oxidation sites excluding steroid dienone is 2. The largest absolute Gasteiger partial charge is 0.472 e. The van der Waals surface area contributed by atoms with Gasteiger partial charge in [-0.2, -0.15) is 0 Å². The number of furan rings is 1. The maximum absolute atomic E-state index is 12.9. The molecule has 3 rings (SSSR count). The Hall–Kier alpha value is -2.14. The van der Waals surface area contributed by atoms with Gasteiger partial charge in [-0.1, -0.05) is 12.5 Å². The van der Waals surface area contributed by atoms with E-state index >= 15 is 0 Å². The third kappa shape index (κ3) is 3.54. The van der Waals surface area contributed by atoms with Crippen LogP contribution in [0.25, 0.3) is 16.7 Å². The minimum Gasteiger partial charge on any atom is -0.472 e. The number of thiophene rings is 1. The normalized spacial score (nSPS) is 14.8. The zero-order valence-electron chi connectivity index (χ0n) is 16.2. The first kappa shape index (κ1) is 18.6.